The van der Waals surface area contributed by atoms with Crippen LogP contribution < -0.4 is 0 Å². The van der Waals surface area contributed by atoms with Crippen LogP contribution in [-0.4, -0.2) is 65.6 Å². The van der Waals surface area contributed by atoms with Gasteiger partial charge in [0.25, 0.3) is 0 Å². The van der Waals surface area contributed by atoms with Crippen molar-refractivity contribution < 1.29 is 34.0 Å². The number of aliphatic hydroxyl groups excluding tert-OH is 2. The van der Waals surface area contributed by atoms with Crippen LogP contribution in [0.4, 0.5) is 0 Å². The van der Waals surface area contributed by atoms with Crippen LogP contribution in [-0.2, 0) is 30.4 Å². The van der Waals surface area contributed by atoms with Crippen molar-refractivity contribution in [3.8, 4) is 0 Å². The Morgan fingerprint density at radius 1 is 1.16 bits per heavy atom. The molecule has 1 aromatic rings. The smallest absolute Gasteiger partial charge is 0.190 e. The molecule has 31 heavy (non-hydrogen) atoms. The maximum absolute atomic E-state index is 10.4. The van der Waals surface area contributed by atoms with Gasteiger partial charge in [-0.05, 0) is 25.3 Å². The molecule has 0 unspecified atom stereocenters. The Morgan fingerprint density at radius 3 is 2.52 bits per heavy atom. The Morgan fingerprint density at radius 2 is 1.87 bits per heavy atom. The lowest BCUT2D eigenvalue weighted by Crippen LogP contribution is -2.42. The van der Waals surface area contributed by atoms with E-state index in [0.717, 1.165) is 5.56 Å². The molecule has 8 nitrogen and oxygen atoms in total. The van der Waals surface area contributed by atoms with Gasteiger partial charge in [-0.15, -0.1) is 0 Å². The lowest BCUT2D eigenvalue weighted by molar-refractivity contribution is -0.228. The molecule has 8 heteroatoms. The van der Waals surface area contributed by atoms with Crippen molar-refractivity contribution in [2.45, 2.75) is 83.8 Å². The Hall–Kier alpha value is -1.55. The van der Waals surface area contributed by atoms with E-state index in [1.807, 2.05) is 37.3 Å². The molecule has 2 fully saturated rings. The number of nitrogens with zero attached hydrogens (tertiary/aromatic N) is 1. The van der Waals surface area contributed by atoms with E-state index in [1.165, 1.54) is 0 Å². The van der Waals surface area contributed by atoms with Gasteiger partial charge in [0.2, 0.25) is 0 Å². The summed E-state index contributed by atoms with van der Waals surface area (Å²) in [6.45, 7) is 10.1. The number of oxime groups is 1. The number of fused-ring (bicyclic) bond motifs is 1. The lowest BCUT2D eigenvalue weighted by atomic mass is 9.95. The third-order valence-corrected chi connectivity index (χ3v) is 5.51. The molecule has 7 atom stereocenters. The molecule has 2 N–H and O–H groups in total. The van der Waals surface area contributed by atoms with Gasteiger partial charge in [-0.3, -0.25) is 0 Å². The molecule has 0 aliphatic carbocycles. The number of benzene rings is 1. The van der Waals surface area contributed by atoms with Gasteiger partial charge in [0.05, 0.1) is 12.7 Å². The predicted molar refractivity (Wildman–Crippen MR) is 114 cm³/mol. The van der Waals surface area contributed by atoms with E-state index in [1.54, 1.807) is 20.1 Å². The van der Waals surface area contributed by atoms with Gasteiger partial charge < -0.3 is 34.0 Å². The van der Waals surface area contributed by atoms with Crippen LogP contribution in [0.5, 0.6) is 0 Å². The SMILES string of the molecule is CC(C)[C@@H](OCc1ccccc1)[C@H](C)C=NOC[C@@H](O)[C@H]1O[C@@H]2OC(C)(C)O[C@@H]2[C@H]1O. The number of rotatable bonds is 10. The lowest BCUT2D eigenvalue weighted by Gasteiger charge is -2.26. The summed E-state index contributed by atoms with van der Waals surface area (Å²) in [5, 5.41) is 24.7. The highest BCUT2D eigenvalue weighted by atomic mass is 16.8. The fourth-order valence-electron chi connectivity index (χ4n) is 3.99. The minimum atomic E-state index is -1.07. The zero-order valence-electron chi connectivity index (χ0n) is 18.9. The molecule has 0 aromatic heterocycles. The Kier molecular flexibility index (Phi) is 8.07. The van der Waals surface area contributed by atoms with Gasteiger partial charge in [-0.1, -0.05) is 56.3 Å². The summed E-state index contributed by atoms with van der Waals surface area (Å²) in [7, 11) is 0. The molecule has 0 saturated carbocycles. The molecular formula is C23H35NO7. The first-order valence-corrected chi connectivity index (χ1v) is 10.9. The van der Waals surface area contributed by atoms with Gasteiger partial charge in [-0.2, -0.15) is 0 Å². The van der Waals surface area contributed by atoms with Gasteiger partial charge >= 0.3 is 0 Å². The molecule has 1 aromatic carbocycles. The molecule has 0 spiro atoms. The van der Waals surface area contributed by atoms with E-state index in [4.69, 9.17) is 23.8 Å². The van der Waals surface area contributed by atoms with Crippen LogP contribution >= 0.6 is 0 Å². The highest BCUT2D eigenvalue weighted by molar-refractivity contribution is 5.60. The zero-order chi connectivity index (χ0) is 22.6. The third-order valence-electron chi connectivity index (χ3n) is 5.51. The van der Waals surface area contributed by atoms with Gasteiger partial charge in [-0.25, -0.2) is 0 Å². The van der Waals surface area contributed by atoms with Crippen molar-refractivity contribution in [1.82, 2.24) is 0 Å². The molecule has 3 rings (SSSR count). The van der Waals surface area contributed by atoms with Gasteiger partial charge in [0.15, 0.2) is 12.1 Å². The van der Waals surface area contributed by atoms with Crippen molar-refractivity contribution >= 4 is 6.21 Å². The zero-order valence-corrected chi connectivity index (χ0v) is 18.9. The van der Waals surface area contributed by atoms with Crippen LogP contribution in [0.25, 0.3) is 0 Å². The molecule has 2 heterocycles. The van der Waals surface area contributed by atoms with Crippen molar-refractivity contribution in [1.29, 1.82) is 0 Å². The molecular weight excluding hydrogens is 402 g/mol. The number of ether oxygens (including phenoxy) is 4. The predicted octanol–water partition coefficient (Wildman–Crippen LogP) is 2.46. The van der Waals surface area contributed by atoms with Crippen molar-refractivity contribution in [3.05, 3.63) is 35.9 Å². The molecule has 2 aliphatic heterocycles. The first-order chi connectivity index (χ1) is 14.7. The molecule has 0 bridgehead atoms. The highest BCUT2D eigenvalue weighted by Crippen LogP contribution is 2.38. The second kappa shape index (κ2) is 10.4. The molecule has 2 aliphatic rings. The van der Waals surface area contributed by atoms with Crippen LogP contribution in [0.2, 0.25) is 0 Å². The fraction of sp³-hybridized carbons (Fsp3) is 0.696. The average molecular weight is 438 g/mol. The summed E-state index contributed by atoms with van der Waals surface area (Å²) in [6, 6.07) is 10.0. The van der Waals surface area contributed by atoms with E-state index in [2.05, 4.69) is 19.0 Å². The summed E-state index contributed by atoms with van der Waals surface area (Å²) in [4.78, 5) is 5.27. The Balaban J connectivity index is 1.44. The van der Waals surface area contributed by atoms with Crippen LogP contribution in [0.15, 0.2) is 35.5 Å². The highest BCUT2D eigenvalue weighted by Gasteiger charge is 2.56. The Labute approximate surface area is 184 Å². The topological polar surface area (TPSA) is 99.0 Å². The van der Waals surface area contributed by atoms with Gasteiger partial charge in [0, 0.05) is 12.1 Å². The number of hydrogen-bond donors (Lipinski definition) is 2. The standard InChI is InChI=1S/C23H35NO7/c1-14(2)19(27-12-16-9-7-6-8-10-16)15(3)11-24-28-13-17(25)20-18(26)21-22(29-20)31-23(4,5)30-21/h6-11,14-15,17-22,25-26H,12-13H2,1-5H3/t15-,17-,18+,19-,20-,21-,22-/m1/s1. The minimum Gasteiger partial charge on any atom is -0.393 e. The quantitative estimate of drug-likeness (QED) is 0.428. The van der Waals surface area contributed by atoms with Crippen molar-refractivity contribution in [2.75, 3.05) is 6.61 Å². The van der Waals surface area contributed by atoms with E-state index in [9.17, 15) is 10.2 Å². The monoisotopic (exact) mass is 437 g/mol. The number of hydrogen-bond acceptors (Lipinski definition) is 8. The summed E-state index contributed by atoms with van der Waals surface area (Å²) < 4.78 is 22.9. The van der Waals surface area contributed by atoms with E-state index in [-0.39, 0.29) is 18.6 Å². The van der Waals surface area contributed by atoms with E-state index in [0.29, 0.717) is 12.5 Å². The molecule has 0 amide bonds. The molecule has 0 radical (unpaired) electrons. The second-order valence-corrected chi connectivity index (χ2v) is 9.04. The van der Waals surface area contributed by atoms with Crippen molar-refractivity contribution in [2.24, 2.45) is 17.0 Å². The largest absolute Gasteiger partial charge is 0.393 e. The first-order valence-electron chi connectivity index (χ1n) is 10.9. The van der Waals surface area contributed by atoms with Crippen LogP contribution in [0, 0.1) is 11.8 Å². The number of aliphatic hydroxyl groups is 2. The maximum Gasteiger partial charge on any atom is 0.190 e. The molecule has 2 saturated heterocycles. The van der Waals surface area contributed by atoms with Gasteiger partial charge in [0.1, 0.15) is 31.0 Å². The summed E-state index contributed by atoms with van der Waals surface area (Å²) in [5.74, 6) is -0.516. The summed E-state index contributed by atoms with van der Waals surface area (Å²) in [5.41, 5.74) is 1.12. The maximum atomic E-state index is 10.4. The van der Waals surface area contributed by atoms with E-state index < -0.39 is 36.5 Å². The first kappa shape index (κ1) is 24.1. The van der Waals surface area contributed by atoms with Crippen LogP contribution in [0.3, 0.4) is 0 Å². The normalized spacial score (nSPS) is 30.5. The fourth-order valence-corrected chi connectivity index (χ4v) is 3.99. The van der Waals surface area contributed by atoms with E-state index >= 15 is 0 Å². The van der Waals surface area contributed by atoms with Crippen molar-refractivity contribution in [3.63, 3.8) is 0 Å². The summed E-state index contributed by atoms with van der Waals surface area (Å²) in [6.07, 6.45) is -2.64. The minimum absolute atomic E-state index is 0.0116. The second-order valence-electron chi connectivity index (χ2n) is 9.04. The third kappa shape index (κ3) is 6.25. The average Bonchev–Trinajstić information content (AvgIpc) is 3.18. The van der Waals surface area contributed by atoms with Crippen LogP contribution in [0.1, 0.15) is 40.2 Å². The summed E-state index contributed by atoms with van der Waals surface area (Å²) >= 11 is 0. The molecule has 174 valence electrons. The Bertz CT molecular complexity index is 711.